The van der Waals surface area contributed by atoms with E-state index in [-0.39, 0.29) is 17.5 Å². The van der Waals surface area contributed by atoms with Gasteiger partial charge in [0, 0.05) is 18.3 Å². The highest BCUT2D eigenvalue weighted by Crippen LogP contribution is 2.29. The SMILES string of the molecule is COc1nc2c(C(N)=O)cccc2n1-c1ncc(C(C)C)c(NCc2cccc(B(O)O)c2)n1. The van der Waals surface area contributed by atoms with Crippen LogP contribution in [-0.2, 0) is 6.54 Å². The molecule has 2 aromatic heterocycles. The van der Waals surface area contributed by atoms with E-state index < -0.39 is 13.0 Å². The average molecular weight is 460 g/mol. The summed E-state index contributed by atoms with van der Waals surface area (Å²) in [6.07, 6.45) is 1.74. The predicted molar refractivity (Wildman–Crippen MR) is 129 cm³/mol. The second-order valence-electron chi connectivity index (χ2n) is 8.07. The number of amides is 1. The Labute approximate surface area is 196 Å². The lowest BCUT2D eigenvalue weighted by molar-refractivity contribution is 0.100. The molecule has 0 saturated carbocycles. The number of ether oxygens (including phenoxy) is 1. The van der Waals surface area contributed by atoms with Crippen molar-refractivity contribution in [1.29, 1.82) is 0 Å². The van der Waals surface area contributed by atoms with Crippen molar-refractivity contribution < 1.29 is 19.6 Å². The number of imidazole rings is 1. The van der Waals surface area contributed by atoms with E-state index in [4.69, 9.17) is 15.5 Å². The molecule has 34 heavy (non-hydrogen) atoms. The van der Waals surface area contributed by atoms with Crippen LogP contribution in [0.15, 0.2) is 48.7 Å². The van der Waals surface area contributed by atoms with E-state index in [0.29, 0.717) is 34.8 Å². The zero-order valence-electron chi connectivity index (χ0n) is 19.1. The molecule has 0 aliphatic heterocycles. The monoisotopic (exact) mass is 460 g/mol. The van der Waals surface area contributed by atoms with Crippen molar-refractivity contribution >= 4 is 35.3 Å². The molecule has 5 N–H and O–H groups in total. The van der Waals surface area contributed by atoms with Crippen molar-refractivity contribution in [1.82, 2.24) is 19.5 Å². The maximum absolute atomic E-state index is 11.9. The summed E-state index contributed by atoms with van der Waals surface area (Å²) < 4.78 is 7.08. The van der Waals surface area contributed by atoms with Gasteiger partial charge in [0.15, 0.2) is 0 Å². The van der Waals surface area contributed by atoms with Gasteiger partial charge in [-0.05, 0) is 29.1 Å². The summed E-state index contributed by atoms with van der Waals surface area (Å²) in [6.45, 7) is 4.49. The zero-order valence-corrected chi connectivity index (χ0v) is 19.1. The van der Waals surface area contributed by atoms with Crippen molar-refractivity contribution in [2.75, 3.05) is 12.4 Å². The van der Waals surface area contributed by atoms with E-state index in [1.807, 2.05) is 19.9 Å². The van der Waals surface area contributed by atoms with E-state index in [0.717, 1.165) is 11.1 Å². The third kappa shape index (κ3) is 4.43. The number of hydrogen-bond acceptors (Lipinski definition) is 8. The number of rotatable bonds is 8. The standard InChI is InChI=1S/C23H25BN6O4/c1-13(2)17-12-27-22(29-21(17)26-11-14-6-4-7-15(10-14)24(32)33)30-18-9-5-8-16(20(25)31)19(18)28-23(30)34-3/h4-10,12-13,32-33H,11H2,1-3H3,(H2,25,31)(H,26,27,29). The first kappa shape index (κ1) is 23.2. The minimum Gasteiger partial charge on any atom is -0.468 e. The van der Waals surface area contributed by atoms with E-state index in [1.54, 1.807) is 47.2 Å². The van der Waals surface area contributed by atoms with Crippen molar-refractivity contribution in [2.45, 2.75) is 26.3 Å². The highest BCUT2D eigenvalue weighted by atomic mass is 16.5. The van der Waals surface area contributed by atoms with Crippen molar-refractivity contribution in [2.24, 2.45) is 5.73 Å². The van der Waals surface area contributed by atoms with Gasteiger partial charge in [0.1, 0.15) is 11.3 Å². The summed E-state index contributed by atoms with van der Waals surface area (Å²) >= 11 is 0. The van der Waals surface area contributed by atoms with Crippen LogP contribution in [0, 0.1) is 0 Å². The molecule has 0 atom stereocenters. The summed E-state index contributed by atoms with van der Waals surface area (Å²) in [5, 5.41) is 22.2. The van der Waals surface area contributed by atoms with E-state index >= 15 is 0 Å². The molecule has 0 aliphatic carbocycles. The molecule has 174 valence electrons. The number of para-hydroxylation sites is 1. The normalized spacial score (nSPS) is 11.1. The minimum atomic E-state index is -1.54. The molecule has 0 saturated heterocycles. The molecule has 2 aromatic carbocycles. The van der Waals surface area contributed by atoms with Crippen LogP contribution in [0.2, 0.25) is 0 Å². The van der Waals surface area contributed by atoms with Crippen LogP contribution in [0.5, 0.6) is 6.01 Å². The van der Waals surface area contributed by atoms with Gasteiger partial charge in [0.05, 0.1) is 18.2 Å². The molecular weight excluding hydrogens is 435 g/mol. The molecular formula is C23H25BN6O4. The number of nitrogens with two attached hydrogens (primary N) is 1. The number of aromatic nitrogens is 4. The smallest absolute Gasteiger partial charge is 0.468 e. The van der Waals surface area contributed by atoms with Gasteiger partial charge in [0.25, 0.3) is 5.91 Å². The lowest BCUT2D eigenvalue weighted by atomic mass is 9.79. The number of carbonyl (C=O) groups excluding carboxylic acids is 1. The van der Waals surface area contributed by atoms with Gasteiger partial charge in [-0.3, -0.25) is 4.79 Å². The summed E-state index contributed by atoms with van der Waals surface area (Å²) in [6, 6.07) is 12.3. The summed E-state index contributed by atoms with van der Waals surface area (Å²) in [5.41, 5.74) is 8.95. The number of nitrogens with one attached hydrogen (secondary N) is 1. The van der Waals surface area contributed by atoms with E-state index in [2.05, 4.69) is 15.3 Å². The van der Waals surface area contributed by atoms with Crippen molar-refractivity contribution in [3.8, 4) is 12.0 Å². The highest BCUT2D eigenvalue weighted by molar-refractivity contribution is 6.58. The molecule has 1 amide bonds. The number of nitrogens with zero attached hydrogens (tertiary/aromatic N) is 4. The first-order valence-corrected chi connectivity index (χ1v) is 10.7. The van der Waals surface area contributed by atoms with Crippen LogP contribution in [0.4, 0.5) is 5.82 Å². The number of carbonyl (C=O) groups is 1. The Morgan fingerprint density at radius 1 is 1.21 bits per heavy atom. The maximum atomic E-state index is 11.9. The van der Waals surface area contributed by atoms with Crippen LogP contribution < -0.4 is 21.3 Å². The van der Waals surface area contributed by atoms with Gasteiger partial charge in [-0.25, -0.2) is 9.55 Å². The Kier molecular flexibility index (Phi) is 6.48. The van der Waals surface area contributed by atoms with Crippen LogP contribution in [0.1, 0.15) is 41.3 Å². The van der Waals surface area contributed by atoms with Gasteiger partial charge >= 0.3 is 13.1 Å². The lowest BCUT2D eigenvalue weighted by Crippen LogP contribution is -2.30. The molecule has 4 rings (SSSR count). The molecule has 0 aliphatic rings. The predicted octanol–water partition coefficient (Wildman–Crippen LogP) is 1.34. The Morgan fingerprint density at radius 2 is 1.97 bits per heavy atom. The largest absolute Gasteiger partial charge is 0.488 e. The fourth-order valence-corrected chi connectivity index (χ4v) is 3.71. The lowest BCUT2D eigenvalue weighted by Gasteiger charge is -2.16. The molecule has 10 nitrogen and oxygen atoms in total. The van der Waals surface area contributed by atoms with Gasteiger partial charge in [-0.15, -0.1) is 0 Å². The number of primary amides is 1. The fraction of sp³-hybridized carbons (Fsp3) is 0.217. The Balaban J connectivity index is 1.77. The third-order valence-electron chi connectivity index (χ3n) is 5.44. The highest BCUT2D eigenvalue weighted by Gasteiger charge is 2.21. The van der Waals surface area contributed by atoms with Crippen molar-refractivity contribution in [3.63, 3.8) is 0 Å². The van der Waals surface area contributed by atoms with Gasteiger partial charge in [0.2, 0.25) is 5.95 Å². The topological polar surface area (TPSA) is 148 Å². The third-order valence-corrected chi connectivity index (χ3v) is 5.44. The fourth-order valence-electron chi connectivity index (χ4n) is 3.71. The minimum absolute atomic E-state index is 0.144. The maximum Gasteiger partial charge on any atom is 0.488 e. The second-order valence-corrected chi connectivity index (χ2v) is 8.07. The molecule has 11 heteroatoms. The van der Waals surface area contributed by atoms with Crippen LogP contribution in [-0.4, -0.2) is 49.7 Å². The molecule has 0 fully saturated rings. The van der Waals surface area contributed by atoms with E-state index in [1.165, 1.54) is 7.11 Å². The second kappa shape index (κ2) is 9.50. The van der Waals surface area contributed by atoms with Gasteiger partial charge in [-0.2, -0.15) is 9.97 Å². The Bertz CT molecular complexity index is 1350. The molecule has 0 unspecified atom stereocenters. The zero-order chi connectivity index (χ0) is 24.4. The van der Waals surface area contributed by atoms with Crippen LogP contribution in [0.3, 0.4) is 0 Å². The molecule has 0 radical (unpaired) electrons. The molecule has 0 bridgehead atoms. The average Bonchev–Trinajstić information content (AvgIpc) is 3.21. The summed E-state index contributed by atoms with van der Waals surface area (Å²) in [7, 11) is -0.0598. The first-order chi connectivity index (χ1) is 16.3. The van der Waals surface area contributed by atoms with Gasteiger partial charge < -0.3 is 25.8 Å². The van der Waals surface area contributed by atoms with E-state index in [9.17, 15) is 14.8 Å². The van der Waals surface area contributed by atoms with Gasteiger partial charge in [-0.1, -0.05) is 44.2 Å². The number of methoxy groups -OCH3 is 1. The van der Waals surface area contributed by atoms with Crippen LogP contribution in [0.25, 0.3) is 17.0 Å². The number of benzene rings is 2. The van der Waals surface area contributed by atoms with Crippen molar-refractivity contribution in [3.05, 3.63) is 65.4 Å². The Hall–Kier alpha value is -3.96. The number of hydrogen-bond donors (Lipinski definition) is 4. The molecule has 0 spiro atoms. The first-order valence-electron chi connectivity index (χ1n) is 10.7. The number of fused-ring (bicyclic) bond motifs is 1. The molecule has 2 heterocycles. The quantitative estimate of drug-likeness (QED) is 0.288. The number of anilines is 1. The molecule has 4 aromatic rings. The van der Waals surface area contributed by atoms with Crippen LogP contribution >= 0.6 is 0 Å². The summed E-state index contributed by atoms with van der Waals surface area (Å²) in [5.74, 6) is 0.480. The Morgan fingerprint density at radius 3 is 2.65 bits per heavy atom. The summed E-state index contributed by atoms with van der Waals surface area (Å²) in [4.78, 5) is 25.6.